The first-order valence-electron chi connectivity index (χ1n) is 15.2. The molecule has 0 radical (unpaired) electrons. The molecule has 2 unspecified atom stereocenters. The number of H-pyrrole nitrogens is 1. The van der Waals surface area contributed by atoms with Gasteiger partial charge in [0, 0.05) is 38.3 Å². The molecule has 2 atom stereocenters. The molecule has 8 heteroatoms. The average Bonchev–Trinajstić information content (AvgIpc) is 3.39. The van der Waals surface area contributed by atoms with Gasteiger partial charge in [0.05, 0.1) is 11.0 Å². The van der Waals surface area contributed by atoms with Gasteiger partial charge >= 0.3 is 11.8 Å². The summed E-state index contributed by atoms with van der Waals surface area (Å²) in [5.74, 6) is 0.824. The lowest BCUT2D eigenvalue weighted by Crippen LogP contribution is -2.48. The van der Waals surface area contributed by atoms with Gasteiger partial charge in [0.25, 0.3) is 0 Å². The Morgan fingerprint density at radius 1 is 0.841 bits per heavy atom. The predicted molar refractivity (Wildman–Crippen MR) is 172 cm³/mol. The van der Waals surface area contributed by atoms with Crippen molar-refractivity contribution in [3.05, 3.63) is 136 Å². The lowest BCUT2D eigenvalue weighted by atomic mass is 9.94. The third-order valence-electron chi connectivity index (χ3n) is 8.53. The van der Waals surface area contributed by atoms with Crippen LogP contribution in [-0.4, -0.2) is 49.7 Å². The van der Waals surface area contributed by atoms with Gasteiger partial charge in [-0.3, -0.25) is 9.47 Å². The number of likely N-dealkylation sites (tertiary alicyclic amines) is 1. The molecule has 4 aromatic carbocycles. The minimum absolute atomic E-state index is 0.0646. The Hall–Kier alpha value is -4.82. The Morgan fingerprint density at radius 3 is 2.18 bits per heavy atom. The number of hydrogen-bond donors (Lipinski definition) is 2. The summed E-state index contributed by atoms with van der Waals surface area (Å²) in [5.41, 5.74) is 5.03. The van der Waals surface area contributed by atoms with Crippen LogP contribution in [0.4, 0.5) is 4.79 Å². The Labute approximate surface area is 257 Å². The molecule has 44 heavy (non-hydrogen) atoms. The van der Waals surface area contributed by atoms with E-state index >= 15 is 0 Å². The normalized spacial score (nSPS) is 16.8. The first-order chi connectivity index (χ1) is 21.5. The van der Waals surface area contributed by atoms with Crippen LogP contribution in [0.5, 0.6) is 5.75 Å². The van der Waals surface area contributed by atoms with Gasteiger partial charge in [-0.1, -0.05) is 84.9 Å². The zero-order chi connectivity index (χ0) is 30.3. The van der Waals surface area contributed by atoms with Crippen molar-refractivity contribution in [2.75, 3.05) is 13.1 Å². The van der Waals surface area contributed by atoms with Gasteiger partial charge in [-0.15, -0.1) is 0 Å². The second kappa shape index (κ2) is 13.7. The van der Waals surface area contributed by atoms with Gasteiger partial charge in [0.15, 0.2) is 0 Å². The van der Waals surface area contributed by atoms with Crippen LogP contribution in [0.2, 0.25) is 0 Å². The van der Waals surface area contributed by atoms with Crippen molar-refractivity contribution in [3.63, 3.8) is 0 Å². The van der Waals surface area contributed by atoms with E-state index in [9.17, 15) is 14.7 Å². The van der Waals surface area contributed by atoms with Gasteiger partial charge in [0.1, 0.15) is 12.4 Å². The molecule has 1 aromatic heterocycles. The number of para-hydroxylation sites is 2. The summed E-state index contributed by atoms with van der Waals surface area (Å²) >= 11 is 0. The number of aromatic nitrogens is 2. The molecule has 1 aliphatic heterocycles. The number of hydrogen-bond acceptors (Lipinski definition) is 4. The standard InChI is InChI=1S/C36H38N4O4/c41-35-37-33-13-7-8-14-34(33)40(35)31-20-22-39(36(42)43)30(23-31)19-21-38(24-27-9-3-1-4-10-27)25-28-15-17-32(18-16-28)44-26-29-11-5-2-6-12-29/h1-18,30-31H,19-26H2,(H,37,41)(H,42,43). The first-order valence-corrected chi connectivity index (χ1v) is 15.2. The predicted octanol–water partition coefficient (Wildman–Crippen LogP) is 6.68. The number of ether oxygens (including phenoxy) is 1. The van der Waals surface area contributed by atoms with Gasteiger partial charge in [0.2, 0.25) is 0 Å². The van der Waals surface area contributed by atoms with Crippen LogP contribution in [0.15, 0.2) is 114 Å². The maximum Gasteiger partial charge on any atom is 0.407 e. The van der Waals surface area contributed by atoms with Crippen LogP contribution in [-0.2, 0) is 19.7 Å². The number of rotatable bonds is 11. The Balaban J connectivity index is 1.16. The molecule has 1 amide bonds. The molecule has 1 fully saturated rings. The van der Waals surface area contributed by atoms with Gasteiger partial charge in [-0.05, 0) is 60.2 Å². The molecule has 2 N–H and O–H groups in total. The second-order valence-electron chi connectivity index (χ2n) is 11.5. The molecule has 2 heterocycles. The molecular weight excluding hydrogens is 552 g/mol. The highest BCUT2D eigenvalue weighted by molar-refractivity contribution is 5.75. The summed E-state index contributed by atoms with van der Waals surface area (Å²) < 4.78 is 7.81. The third-order valence-corrected chi connectivity index (χ3v) is 8.53. The van der Waals surface area contributed by atoms with Crippen molar-refractivity contribution in [2.24, 2.45) is 0 Å². The van der Waals surface area contributed by atoms with Crippen molar-refractivity contribution < 1.29 is 14.6 Å². The first kappa shape index (κ1) is 29.3. The van der Waals surface area contributed by atoms with E-state index in [1.807, 2.05) is 77.4 Å². The molecule has 1 aliphatic rings. The van der Waals surface area contributed by atoms with E-state index in [1.54, 1.807) is 4.90 Å². The van der Waals surface area contributed by atoms with Gasteiger partial charge in [-0.25, -0.2) is 9.59 Å². The molecule has 1 saturated heterocycles. The lowest BCUT2D eigenvalue weighted by Gasteiger charge is -2.39. The quantitative estimate of drug-likeness (QED) is 0.179. The number of imidazole rings is 1. The molecular formula is C36H38N4O4. The van der Waals surface area contributed by atoms with Crippen molar-refractivity contribution in [3.8, 4) is 5.75 Å². The Kier molecular flexibility index (Phi) is 9.08. The second-order valence-corrected chi connectivity index (χ2v) is 11.5. The van der Waals surface area contributed by atoms with Crippen LogP contribution >= 0.6 is 0 Å². The maximum atomic E-state index is 12.9. The molecule has 226 valence electrons. The lowest BCUT2D eigenvalue weighted by molar-refractivity contribution is 0.0812. The molecule has 0 bridgehead atoms. The van der Waals surface area contributed by atoms with Crippen LogP contribution in [0.1, 0.15) is 42.0 Å². The average molecular weight is 591 g/mol. The zero-order valence-electron chi connectivity index (χ0n) is 24.7. The fourth-order valence-electron chi connectivity index (χ4n) is 6.30. The van der Waals surface area contributed by atoms with E-state index in [2.05, 4.69) is 46.3 Å². The van der Waals surface area contributed by atoms with Gasteiger partial charge < -0.3 is 19.7 Å². The van der Waals surface area contributed by atoms with E-state index in [-0.39, 0.29) is 17.8 Å². The Morgan fingerprint density at radius 2 is 1.48 bits per heavy atom. The topological polar surface area (TPSA) is 90.8 Å². The summed E-state index contributed by atoms with van der Waals surface area (Å²) in [5, 5.41) is 10.1. The van der Waals surface area contributed by atoms with Crippen LogP contribution in [0.3, 0.4) is 0 Å². The number of aromatic amines is 1. The molecule has 0 saturated carbocycles. The van der Waals surface area contributed by atoms with E-state index < -0.39 is 6.09 Å². The van der Waals surface area contributed by atoms with Crippen LogP contribution in [0, 0.1) is 0 Å². The van der Waals surface area contributed by atoms with E-state index in [4.69, 9.17) is 4.74 Å². The third kappa shape index (κ3) is 7.03. The highest BCUT2D eigenvalue weighted by Crippen LogP contribution is 2.31. The van der Waals surface area contributed by atoms with Crippen molar-refractivity contribution in [1.29, 1.82) is 0 Å². The number of carboxylic acid groups (broad SMARTS) is 1. The summed E-state index contributed by atoms with van der Waals surface area (Å²) in [7, 11) is 0. The zero-order valence-corrected chi connectivity index (χ0v) is 24.7. The fraction of sp³-hybridized carbons (Fsp3) is 0.278. The maximum absolute atomic E-state index is 12.9. The summed E-state index contributed by atoms with van der Waals surface area (Å²) in [6.07, 6.45) is 0.975. The minimum Gasteiger partial charge on any atom is -0.489 e. The summed E-state index contributed by atoms with van der Waals surface area (Å²) in [6.45, 7) is 3.11. The highest BCUT2D eigenvalue weighted by atomic mass is 16.5. The van der Waals surface area contributed by atoms with Crippen LogP contribution in [0.25, 0.3) is 11.0 Å². The van der Waals surface area contributed by atoms with Crippen molar-refractivity contribution in [1.82, 2.24) is 19.4 Å². The molecule has 0 aliphatic carbocycles. The van der Waals surface area contributed by atoms with E-state index in [0.717, 1.165) is 41.0 Å². The highest BCUT2D eigenvalue weighted by Gasteiger charge is 2.33. The van der Waals surface area contributed by atoms with Crippen molar-refractivity contribution >= 4 is 17.1 Å². The largest absolute Gasteiger partial charge is 0.489 e. The monoisotopic (exact) mass is 590 g/mol. The number of nitrogens with zero attached hydrogens (tertiary/aromatic N) is 3. The number of piperidine rings is 1. The van der Waals surface area contributed by atoms with Gasteiger partial charge in [-0.2, -0.15) is 0 Å². The molecule has 8 nitrogen and oxygen atoms in total. The molecule has 0 spiro atoms. The smallest absolute Gasteiger partial charge is 0.407 e. The molecule has 5 aromatic rings. The number of carbonyl (C=O) groups is 1. The number of benzene rings is 4. The number of fused-ring (bicyclic) bond motifs is 1. The SMILES string of the molecule is O=C(O)N1CCC(n2c(=O)[nH]c3ccccc32)CC1CCN(Cc1ccccc1)Cc1ccc(OCc2ccccc2)cc1. The Bertz CT molecular complexity index is 1720. The minimum atomic E-state index is -0.902. The van der Waals surface area contributed by atoms with Crippen molar-refractivity contribution in [2.45, 2.75) is 51.0 Å². The van der Waals surface area contributed by atoms with E-state index in [0.29, 0.717) is 39.0 Å². The number of nitrogens with one attached hydrogen (secondary N) is 1. The fourth-order valence-corrected chi connectivity index (χ4v) is 6.30. The van der Waals surface area contributed by atoms with Crippen LogP contribution < -0.4 is 10.4 Å². The molecule has 6 rings (SSSR count). The van der Waals surface area contributed by atoms with E-state index in [1.165, 1.54) is 5.56 Å². The summed E-state index contributed by atoms with van der Waals surface area (Å²) in [4.78, 5) is 32.1. The summed E-state index contributed by atoms with van der Waals surface area (Å²) in [6, 6.07) is 36.1. The number of amides is 1.